The first-order valence-electron chi connectivity index (χ1n) is 6.29. The summed E-state index contributed by atoms with van der Waals surface area (Å²) in [7, 11) is 0. The molecule has 0 radical (unpaired) electrons. The second kappa shape index (κ2) is 5.25. The Morgan fingerprint density at radius 1 is 1.56 bits per heavy atom. The number of nitrogen functional groups attached to an aromatic ring is 1. The molecule has 2 heterocycles. The van der Waals surface area contributed by atoms with Crippen LogP contribution in [0.2, 0.25) is 0 Å². The van der Waals surface area contributed by atoms with Crippen LogP contribution in [-0.4, -0.2) is 28.5 Å². The van der Waals surface area contributed by atoms with Crippen molar-refractivity contribution in [2.24, 2.45) is 5.92 Å². The van der Waals surface area contributed by atoms with E-state index in [4.69, 9.17) is 5.73 Å². The average Bonchev–Trinajstić information content (AvgIpc) is 2.34. The molecule has 2 rings (SSSR count). The van der Waals surface area contributed by atoms with E-state index >= 15 is 0 Å². The number of pyridine rings is 1. The largest absolute Gasteiger partial charge is 0.394 e. The summed E-state index contributed by atoms with van der Waals surface area (Å²) in [5, 5.41) is 0. The van der Waals surface area contributed by atoms with Crippen LogP contribution in [0.5, 0.6) is 0 Å². The maximum absolute atomic E-state index is 12.1. The Labute approximate surface area is 106 Å². The van der Waals surface area contributed by atoms with Crippen LogP contribution in [0.25, 0.3) is 0 Å². The van der Waals surface area contributed by atoms with Crippen LogP contribution < -0.4 is 11.2 Å². The van der Waals surface area contributed by atoms with Gasteiger partial charge >= 0.3 is 0 Å². The summed E-state index contributed by atoms with van der Waals surface area (Å²) >= 11 is 0. The Morgan fingerprint density at radius 3 is 3.00 bits per heavy atom. The minimum Gasteiger partial charge on any atom is -0.394 e. The fourth-order valence-corrected chi connectivity index (χ4v) is 2.32. The highest BCUT2D eigenvalue weighted by molar-refractivity contribution is 5.76. The molecule has 1 saturated heterocycles. The Balaban J connectivity index is 2.02. The first-order chi connectivity index (χ1) is 8.56. The minimum atomic E-state index is -0.203. The lowest BCUT2D eigenvalue weighted by molar-refractivity contribution is -0.133. The van der Waals surface area contributed by atoms with Crippen LogP contribution in [0.4, 0.5) is 5.69 Å². The molecule has 0 unspecified atom stereocenters. The number of rotatable bonds is 2. The third kappa shape index (κ3) is 2.91. The molecule has 1 aliphatic rings. The molecule has 1 aromatic heterocycles. The lowest BCUT2D eigenvalue weighted by Crippen LogP contribution is -2.40. The average molecular weight is 249 g/mol. The number of nitrogens with zero attached hydrogens (tertiary/aromatic N) is 2. The van der Waals surface area contributed by atoms with Crippen LogP contribution >= 0.6 is 0 Å². The van der Waals surface area contributed by atoms with Gasteiger partial charge in [0.15, 0.2) is 0 Å². The number of nitrogens with two attached hydrogens (primary N) is 1. The number of amides is 1. The van der Waals surface area contributed by atoms with Crippen LogP contribution in [0, 0.1) is 5.92 Å². The van der Waals surface area contributed by atoms with Crippen molar-refractivity contribution < 1.29 is 4.79 Å². The maximum atomic E-state index is 12.1. The number of anilines is 1. The van der Waals surface area contributed by atoms with Crippen molar-refractivity contribution in [2.75, 3.05) is 18.8 Å². The minimum absolute atomic E-state index is 0.0876. The van der Waals surface area contributed by atoms with Crippen LogP contribution in [-0.2, 0) is 11.3 Å². The Morgan fingerprint density at radius 2 is 2.33 bits per heavy atom. The van der Waals surface area contributed by atoms with Crippen molar-refractivity contribution in [3.8, 4) is 0 Å². The number of hydrogen-bond donors (Lipinski definition) is 1. The normalized spacial score (nSPS) is 19.8. The molecule has 0 bridgehead atoms. The molecular weight excluding hydrogens is 230 g/mol. The van der Waals surface area contributed by atoms with Crippen LogP contribution in [0.1, 0.15) is 19.8 Å². The van der Waals surface area contributed by atoms with Gasteiger partial charge in [-0.2, -0.15) is 0 Å². The van der Waals surface area contributed by atoms with Gasteiger partial charge in [0.2, 0.25) is 11.3 Å². The zero-order valence-corrected chi connectivity index (χ0v) is 10.6. The molecule has 2 N–H and O–H groups in total. The lowest BCUT2D eigenvalue weighted by atomic mass is 10.0. The molecule has 1 aromatic rings. The Kier molecular flexibility index (Phi) is 3.69. The second-order valence-electron chi connectivity index (χ2n) is 5.02. The number of likely N-dealkylation sites (tertiary alicyclic amines) is 1. The molecule has 0 aliphatic carbocycles. The molecule has 1 amide bonds. The molecule has 1 aliphatic heterocycles. The summed E-state index contributed by atoms with van der Waals surface area (Å²) in [5.41, 5.74) is 5.51. The molecular formula is C13H19N3O2. The van der Waals surface area contributed by atoms with Gasteiger partial charge in [0.25, 0.3) is 0 Å². The molecule has 5 nitrogen and oxygen atoms in total. The third-order valence-corrected chi connectivity index (χ3v) is 3.33. The molecule has 18 heavy (non-hydrogen) atoms. The van der Waals surface area contributed by atoms with E-state index in [0.29, 0.717) is 5.92 Å². The van der Waals surface area contributed by atoms with Crippen molar-refractivity contribution in [3.05, 3.63) is 28.7 Å². The predicted molar refractivity (Wildman–Crippen MR) is 70.1 cm³/mol. The molecule has 0 spiro atoms. The fourth-order valence-electron chi connectivity index (χ4n) is 2.32. The maximum Gasteiger partial charge on any atom is 0.242 e. The number of carbonyl (C=O) groups excluding carboxylic acids is 1. The molecule has 1 atom stereocenters. The standard InChI is InChI=1S/C13H19N3O2/c1-10-3-2-5-16(7-10)13(18)9-15-6-4-12(17)11(14)8-15/h4,6,8,10H,2-3,5,7,9,14H2,1H3/t10-/m0/s1. The summed E-state index contributed by atoms with van der Waals surface area (Å²) in [6.45, 7) is 4.07. The Hall–Kier alpha value is -1.78. The van der Waals surface area contributed by atoms with Gasteiger partial charge < -0.3 is 15.2 Å². The van der Waals surface area contributed by atoms with Gasteiger partial charge in [-0.1, -0.05) is 6.92 Å². The smallest absolute Gasteiger partial charge is 0.242 e. The quantitative estimate of drug-likeness (QED) is 0.838. The molecule has 5 heteroatoms. The topological polar surface area (TPSA) is 68.3 Å². The van der Waals surface area contributed by atoms with E-state index in [1.165, 1.54) is 18.7 Å². The monoisotopic (exact) mass is 249 g/mol. The van der Waals surface area contributed by atoms with E-state index in [0.717, 1.165) is 19.5 Å². The third-order valence-electron chi connectivity index (χ3n) is 3.33. The number of aromatic nitrogens is 1. The van der Waals surface area contributed by atoms with Gasteiger partial charge in [0, 0.05) is 31.5 Å². The predicted octanol–water partition coefficient (Wildman–Crippen LogP) is 0.689. The van der Waals surface area contributed by atoms with Crippen molar-refractivity contribution in [1.82, 2.24) is 9.47 Å². The zero-order valence-electron chi connectivity index (χ0n) is 10.6. The van der Waals surface area contributed by atoms with Gasteiger partial charge in [0.05, 0.1) is 5.69 Å². The van der Waals surface area contributed by atoms with Crippen molar-refractivity contribution >= 4 is 11.6 Å². The SMILES string of the molecule is C[C@H]1CCCN(C(=O)Cn2ccc(=O)c(N)c2)C1. The van der Waals surface area contributed by atoms with E-state index in [2.05, 4.69) is 6.92 Å². The highest BCUT2D eigenvalue weighted by Gasteiger charge is 2.20. The van der Waals surface area contributed by atoms with E-state index in [9.17, 15) is 9.59 Å². The van der Waals surface area contributed by atoms with Gasteiger partial charge in [-0.15, -0.1) is 0 Å². The second-order valence-corrected chi connectivity index (χ2v) is 5.02. The summed E-state index contributed by atoms with van der Waals surface area (Å²) in [5.74, 6) is 0.659. The number of piperidine rings is 1. The first-order valence-corrected chi connectivity index (χ1v) is 6.29. The number of hydrogen-bond acceptors (Lipinski definition) is 3. The van der Waals surface area contributed by atoms with E-state index in [-0.39, 0.29) is 23.6 Å². The molecule has 1 fully saturated rings. The van der Waals surface area contributed by atoms with E-state index < -0.39 is 0 Å². The molecule has 98 valence electrons. The summed E-state index contributed by atoms with van der Waals surface area (Å²) in [6.07, 6.45) is 5.38. The fraction of sp³-hybridized carbons (Fsp3) is 0.538. The van der Waals surface area contributed by atoms with Gasteiger partial charge in [-0.25, -0.2) is 0 Å². The summed E-state index contributed by atoms with van der Waals surface area (Å²) in [6, 6.07) is 1.39. The van der Waals surface area contributed by atoms with Gasteiger partial charge in [0.1, 0.15) is 6.54 Å². The molecule has 0 saturated carbocycles. The van der Waals surface area contributed by atoms with Crippen LogP contribution in [0.15, 0.2) is 23.3 Å². The van der Waals surface area contributed by atoms with Gasteiger partial charge in [-0.05, 0) is 18.8 Å². The number of carbonyl (C=O) groups is 1. The highest BCUT2D eigenvalue weighted by Crippen LogP contribution is 2.15. The van der Waals surface area contributed by atoms with Gasteiger partial charge in [-0.3, -0.25) is 9.59 Å². The summed E-state index contributed by atoms with van der Waals surface area (Å²) in [4.78, 5) is 25.2. The van der Waals surface area contributed by atoms with Crippen LogP contribution in [0.3, 0.4) is 0 Å². The van der Waals surface area contributed by atoms with Crippen molar-refractivity contribution in [1.29, 1.82) is 0 Å². The molecule has 0 aromatic carbocycles. The van der Waals surface area contributed by atoms with E-state index in [1.54, 1.807) is 10.8 Å². The van der Waals surface area contributed by atoms with Crippen molar-refractivity contribution in [2.45, 2.75) is 26.3 Å². The zero-order chi connectivity index (χ0) is 13.1. The van der Waals surface area contributed by atoms with Crippen molar-refractivity contribution in [3.63, 3.8) is 0 Å². The lowest BCUT2D eigenvalue weighted by Gasteiger charge is -2.31. The summed E-state index contributed by atoms with van der Waals surface area (Å²) < 4.78 is 1.67. The highest BCUT2D eigenvalue weighted by atomic mass is 16.2. The first kappa shape index (κ1) is 12.7. The Bertz CT molecular complexity index is 495. The van der Waals surface area contributed by atoms with E-state index in [1.807, 2.05) is 4.90 Å².